The summed E-state index contributed by atoms with van der Waals surface area (Å²) >= 11 is 5.81. The molecule has 1 fully saturated rings. The van der Waals surface area contributed by atoms with Crippen molar-refractivity contribution in [1.29, 1.82) is 0 Å². The van der Waals surface area contributed by atoms with Crippen LogP contribution in [0.2, 0.25) is 5.15 Å². The van der Waals surface area contributed by atoms with Gasteiger partial charge in [0.25, 0.3) is 0 Å². The van der Waals surface area contributed by atoms with Gasteiger partial charge in [-0.2, -0.15) is 5.10 Å². The maximum absolute atomic E-state index is 14.9. The smallest absolute Gasteiger partial charge is 0.231 e. The number of amides is 1. The van der Waals surface area contributed by atoms with Gasteiger partial charge in [-0.25, -0.2) is 9.37 Å². The topological polar surface area (TPSA) is 74.8 Å². The molecule has 1 aliphatic rings. The summed E-state index contributed by atoms with van der Waals surface area (Å²) in [5.74, 6) is -0.834. The predicted molar refractivity (Wildman–Crippen MR) is 99.8 cm³/mol. The minimum absolute atomic E-state index is 0.0470. The van der Waals surface area contributed by atoms with Crippen molar-refractivity contribution in [2.24, 2.45) is 5.92 Å². The zero-order valence-electron chi connectivity index (χ0n) is 14.4. The van der Waals surface area contributed by atoms with Crippen LogP contribution < -0.4 is 4.90 Å². The monoisotopic (exact) mass is 385 g/mol. The summed E-state index contributed by atoms with van der Waals surface area (Å²) in [4.78, 5) is 22.4. The molecule has 4 heterocycles. The molecule has 8 heteroatoms. The molecule has 1 unspecified atom stereocenters. The van der Waals surface area contributed by atoms with Crippen LogP contribution in [0.25, 0.3) is 11.3 Å². The van der Waals surface area contributed by atoms with Gasteiger partial charge in [0.05, 0.1) is 0 Å². The number of carbonyl (C=O) groups excluding carboxylic acids is 1. The summed E-state index contributed by atoms with van der Waals surface area (Å²) < 4.78 is 14.9. The van der Waals surface area contributed by atoms with E-state index in [0.717, 1.165) is 18.4 Å². The fourth-order valence-electron chi connectivity index (χ4n) is 3.37. The maximum atomic E-state index is 14.9. The van der Waals surface area contributed by atoms with Crippen LogP contribution in [0.4, 0.5) is 10.2 Å². The van der Waals surface area contributed by atoms with E-state index in [1.54, 1.807) is 36.8 Å². The molecular formula is C19H17ClFN5O. The van der Waals surface area contributed by atoms with Crippen molar-refractivity contribution in [3.63, 3.8) is 0 Å². The normalized spacial score (nSPS) is 17.3. The van der Waals surface area contributed by atoms with E-state index in [9.17, 15) is 9.18 Å². The number of hydrogen-bond acceptors (Lipinski definition) is 4. The van der Waals surface area contributed by atoms with E-state index >= 15 is 0 Å². The molecular weight excluding hydrogens is 369 g/mol. The number of carbonyl (C=O) groups is 1. The number of anilines is 1. The second-order valence-electron chi connectivity index (χ2n) is 6.49. The standard InChI is InChI=1S/C19H17ClFN5O/c20-15-4-3-12(11-23-15)10-14-2-1-9-26(19(14)27)18-16(21)17(24-25-18)13-5-7-22-8-6-13/h3-8,11,14H,1-2,9-10H2,(H,24,25). The highest BCUT2D eigenvalue weighted by atomic mass is 35.5. The third-order valence-corrected chi connectivity index (χ3v) is 4.96. The first-order chi connectivity index (χ1) is 13.1. The number of rotatable bonds is 4. The summed E-state index contributed by atoms with van der Waals surface area (Å²) in [6.45, 7) is 0.450. The summed E-state index contributed by atoms with van der Waals surface area (Å²) in [5, 5.41) is 7.20. The Morgan fingerprint density at radius 3 is 2.81 bits per heavy atom. The Morgan fingerprint density at radius 1 is 1.26 bits per heavy atom. The Bertz CT molecular complexity index is 944. The number of pyridine rings is 2. The first kappa shape index (κ1) is 17.6. The second-order valence-corrected chi connectivity index (χ2v) is 6.88. The van der Waals surface area contributed by atoms with Crippen molar-refractivity contribution in [1.82, 2.24) is 20.2 Å². The molecule has 0 aromatic carbocycles. The molecule has 1 saturated heterocycles. The lowest BCUT2D eigenvalue weighted by atomic mass is 9.91. The number of aromatic amines is 1. The lowest BCUT2D eigenvalue weighted by Crippen LogP contribution is -2.42. The molecule has 3 aromatic rings. The van der Waals surface area contributed by atoms with Gasteiger partial charge in [-0.3, -0.25) is 19.8 Å². The van der Waals surface area contributed by atoms with Gasteiger partial charge in [-0.1, -0.05) is 17.7 Å². The molecule has 1 atom stereocenters. The van der Waals surface area contributed by atoms with Crippen molar-refractivity contribution < 1.29 is 9.18 Å². The van der Waals surface area contributed by atoms with Gasteiger partial charge in [0, 0.05) is 36.6 Å². The van der Waals surface area contributed by atoms with Crippen LogP contribution in [0.1, 0.15) is 18.4 Å². The molecule has 0 radical (unpaired) electrons. The zero-order valence-corrected chi connectivity index (χ0v) is 15.2. The summed E-state index contributed by atoms with van der Waals surface area (Å²) in [6.07, 6.45) is 6.92. The fraction of sp³-hybridized carbons (Fsp3) is 0.263. The molecule has 0 bridgehead atoms. The van der Waals surface area contributed by atoms with Crippen LogP contribution in [-0.4, -0.2) is 32.6 Å². The molecule has 138 valence electrons. The van der Waals surface area contributed by atoms with Crippen molar-refractivity contribution in [2.45, 2.75) is 19.3 Å². The van der Waals surface area contributed by atoms with Crippen LogP contribution in [0.5, 0.6) is 0 Å². The average molecular weight is 386 g/mol. The number of nitrogens with one attached hydrogen (secondary N) is 1. The van der Waals surface area contributed by atoms with Gasteiger partial charge < -0.3 is 0 Å². The third kappa shape index (κ3) is 3.55. The quantitative estimate of drug-likeness (QED) is 0.696. The number of piperidine rings is 1. The Hall–Kier alpha value is -2.80. The molecule has 0 saturated carbocycles. The second kappa shape index (κ2) is 7.44. The first-order valence-corrected chi connectivity index (χ1v) is 9.07. The van der Waals surface area contributed by atoms with Crippen molar-refractivity contribution >= 4 is 23.3 Å². The van der Waals surface area contributed by atoms with E-state index in [4.69, 9.17) is 11.6 Å². The van der Waals surface area contributed by atoms with Crippen LogP contribution in [0, 0.1) is 11.7 Å². The molecule has 0 aliphatic carbocycles. The Morgan fingerprint density at radius 2 is 2.07 bits per heavy atom. The minimum Gasteiger partial charge on any atom is -0.293 e. The molecule has 4 rings (SSSR count). The molecule has 6 nitrogen and oxygen atoms in total. The highest BCUT2D eigenvalue weighted by Gasteiger charge is 2.33. The molecule has 1 N–H and O–H groups in total. The van der Waals surface area contributed by atoms with E-state index in [1.165, 1.54) is 4.90 Å². The lowest BCUT2D eigenvalue weighted by Gasteiger charge is -2.30. The highest BCUT2D eigenvalue weighted by molar-refractivity contribution is 6.29. The van der Waals surface area contributed by atoms with E-state index < -0.39 is 5.82 Å². The van der Waals surface area contributed by atoms with Crippen molar-refractivity contribution in [2.75, 3.05) is 11.4 Å². The molecule has 27 heavy (non-hydrogen) atoms. The Labute approximate surface area is 160 Å². The van der Waals surface area contributed by atoms with Gasteiger partial charge in [-0.15, -0.1) is 0 Å². The largest absolute Gasteiger partial charge is 0.293 e. The minimum atomic E-state index is -0.525. The molecule has 1 aliphatic heterocycles. The fourth-order valence-corrected chi connectivity index (χ4v) is 3.48. The lowest BCUT2D eigenvalue weighted by molar-refractivity contribution is -0.123. The number of halogens is 2. The Balaban J connectivity index is 1.56. The summed E-state index contributed by atoms with van der Waals surface area (Å²) in [7, 11) is 0. The van der Waals surface area contributed by atoms with Crippen molar-refractivity contribution in [3.8, 4) is 11.3 Å². The third-order valence-electron chi connectivity index (χ3n) is 4.73. The van der Waals surface area contributed by atoms with E-state index in [1.807, 2.05) is 6.07 Å². The van der Waals surface area contributed by atoms with Crippen molar-refractivity contribution in [3.05, 3.63) is 59.4 Å². The zero-order chi connectivity index (χ0) is 18.8. The molecule has 3 aromatic heterocycles. The maximum Gasteiger partial charge on any atom is 0.231 e. The summed E-state index contributed by atoms with van der Waals surface area (Å²) in [5.41, 5.74) is 1.82. The van der Waals surface area contributed by atoms with Gasteiger partial charge in [0.2, 0.25) is 5.91 Å². The van der Waals surface area contributed by atoms with E-state index in [0.29, 0.717) is 23.7 Å². The molecule has 0 spiro atoms. The van der Waals surface area contributed by atoms with Gasteiger partial charge in [0.15, 0.2) is 11.6 Å². The van der Waals surface area contributed by atoms with Crippen LogP contribution in [-0.2, 0) is 11.2 Å². The van der Waals surface area contributed by atoms with E-state index in [2.05, 4.69) is 20.2 Å². The average Bonchev–Trinajstić information content (AvgIpc) is 3.07. The number of aromatic nitrogens is 4. The van der Waals surface area contributed by atoms with Gasteiger partial charge in [-0.05, 0) is 43.0 Å². The number of H-pyrrole nitrogens is 1. The van der Waals surface area contributed by atoms with Gasteiger partial charge in [0.1, 0.15) is 10.8 Å². The highest BCUT2D eigenvalue weighted by Crippen LogP contribution is 2.31. The first-order valence-electron chi connectivity index (χ1n) is 8.69. The van der Waals surface area contributed by atoms with Crippen LogP contribution in [0.3, 0.4) is 0 Å². The SMILES string of the molecule is O=C1C(Cc2ccc(Cl)nc2)CCCN1c1n[nH]c(-c2ccncc2)c1F. The van der Waals surface area contributed by atoms with E-state index in [-0.39, 0.29) is 23.3 Å². The predicted octanol–water partition coefficient (Wildman–Crippen LogP) is 3.64. The number of nitrogens with zero attached hydrogens (tertiary/aromatic N) is 4. The Kier molecular flexibility index (Phi) is 4.85. The van der Waals surface area contributed by atoms with Crippen LogP contribution >= 0.6 is 11.6 Å². The summed E-state index contributed by atoms with van der Waals surface area (Å²) in [6, 6.07) is 6.94. The van der Waals surface area contributed by atoms with Crippen LogP contribution in [0.15, 0.2) is 42.9 Å². The van der Waals surface area contributed by atoms with Gasteiger partial charge >= 0.3 is 0 Å². The number of hydrogen-bond donors (Lipinski definition) is 1. The molecule has 1 amide bonds.